The number of rotatable bonds is 5. The van der Waals surface area contributed by atoms with E-state index in [1.807, 2.05) is 0 Å². The van der Waals surface area contributed by atoms with Gasteiger partial charge in [-0.3, -0.25) is 20.4 Å². The summed E-state index contributed by atoms with van der Waals surface area (Å²) in [4.78, 5) is 24.3. The van der Waals surface area contributed by atoms with Gasteiger partial charge in [0.2, 0.25) is 0 Å². The summed E-state index contributed by atoms with van der Waals surface area (Å²) in [6, 6.07) is 2.97. The lowest BCUT2D eigenvalue weighted by Crippen LogP contribution is -2.57. The van der Waals surface area contributed by atoms with Crippen molar-refractivity contribution in [1.82, 2.24) is 15.6 Å². The molecule has 9 heteroatoms. The molecule has 22 heavy (non-hydrogen) atoms. The summed E-state index contributed by atoms with van der Waals surface area (Å²) in [7, 11) is 0. The Morgan fingerprint density at radius 2 is 2.09 bits per heavy atom. The molecule has 1 saturated carbocycles. The second-order valence-electron chi connectivity index (χ2n) is 5.36. The Morgan fingerprint density at radius 3 is 2.59 bits per heavy atom. The third-order valence-corrected chi connectivity index (χ3v) is 3.45. The van der Waals surface area contributed by atoms with Gasteiger partial charge in [-0.25, -0.2) is 4.39 Å². The van der Waals surface area contributed by atoms with E-state index in [0.29, 0.717) is 0 Å². The number of nitrogens with one attached hydrogen (secondary N) is 2. The average Bonchev–Trinajstić information content (AvgIpc) is 2.41. The summed E-state index contributed by atoms with van der Waals surface area (Å²) in [6.45, 7) is 3.33. The minimum atomic E-state index is -1.50. The normalized spacial score (nSPS) is 23.6. The third-order valence-electron chi connectivity index (χ3n) is 3.24. The average molecular weight is 331 g/mol. The summed E-state index contributed by atoms with van der Waals surface area (Å²) < 4.78 is 18.3. The van der Waals surface area contributed by atoms with Gasteiger partial charge in [0, 0.05) is 12.8 Å². The third kappa shape index (κ3) is 3.44. The number of carbonyl (C=O) groups is 2. The van der Waals surface area contributed by atoms with Crippen LogP contribution in [0.25, 0.3) is 0 Å². The molecule has 1 heterocycles. The second-order valence-corrected chi connectivity index (χ2v) is 5.75. The first-order valence-electron chi connectivity index (χ1n) is 6.74. The molecule has 0 unspecified atom stereocenters. The molecule has 2 N–H and O–H groups in total. The van der Waals surface area contributed by atoms with Crippen LogP contribution in [0.4, 0.5) is 10.2 Å². The Morgan fingerprint density at radius 1 is 1.41 bits per heavy atom. The Labute approximate surface area is 131 Å². The van der Waals surface area contributed by atoms with Crippen molar-refractivity contribution < 1.29 is 18.7 Å². The maximum absolute atomic E-state index is 13.2. The van der Waals surface area contributed by atoms with Crippen molar-refractivity contribution in [2.45, 2.75) is 39.0 Å². The Hall–Kier alpha value is -1.96. The molecule has 1 aromatic heterocycles. The van der Waals surface area contributed by atoms with Crippen LogP contribution in [-0.4, -0.2) is 34.3 Å². The number of alkyl halides is 1. The molecular weight excluding hydrogens is 315 g/mol. The largest absolute Gasteiger partial charge is 0.462 e. The molecule has 1 fully saturated rings. The molecule has 0 saturated heterocycles. The van der Waals surface area contributed by atoms with E-state index in [4.69, 9.17) is 16.3 Å². The van der Waals surface area contributed by atoms with Gasteiger partial charge in [-0.15, -0.1) is 10.2 Å². The molecule has 2 rings (SSSR count). The lowest BCUT2D eigenvalue weighted by Gasteiger charge is -2.40. The number of amides is 1. The molecule has 1 aliphatic rings. The fourth-order valence-electron chi connectivity index (χ4n) is 2.09. The Kier molecular flexibility index (Phi) is 4.80. The number of carbonyl (C=O) groups excluding carboxylic acids is 2. The van der Waals surface area contributed by atoms with Gasteiger partial charge in [-0.2, -0.15) is 0 Å². The first-order chi connectivity index (χ1) is 10.3. The van der Waals surface area contributed by atoms with Gasteiger partial charge in [0.05, 0.1) is 6.10 Å². The van der Waals surface area contributed by atoms with Crippen LogP contribution >= 0.6 is 11.6 Å². The van der Waals surface area contributed by atoms with E-state index in [0.717, 1.165) is 0 Å². The van der Waals surface area contributed by atoms with E-state index < -0.39 is 23.5 Å². The van der Waals surface area contributed by atoms with Gasteiger partial charge >= 0.3 is 5.97 Å². The maximum atomic E-state index is 13.2. The first kappa shape index (κ1) is 16.4. The quantitative estimate of drug-likeness (QED) is 0.484. The highest BCUT2D eigenvalue weighted by Crippen LogP contribution is 2.44. The van der Waals surface area contributed by atoms with Crippen LogP contribution in [-0.2, 0) is 14.3 Å². The highest BCUT2D eigenvalue weighted by atomic mass is 35.5. The van der Waals surface area contributed by atoms with E-state index in [1.165, 1.54) is 12.1 Å². The molecular formula is C13H16ClFN4O3. The molecule has 0 aliphatic heterocycles. The van der Waals surface area contributed by atoms with Crippen LogP contribution in [0, 0.1) is 5.41 Å². The fourth-order valence-corrected chi connectivity index (χ4v) is 2.19. The maximum Gasteiger partial charge on any atom is 0.322 e. The second kappa shape index (κ2) is 6.43. The zero-order chi connectivity index (χ0) is 16.3. The summed E-state index contributed by atoms with van der Waals surface area (Å²) in [5, 5.41) is 7.48. The monoisotopic (exact) mass is 330 g/mol. The molecule has 0 aromatic carbocycles. The smallest absolute Gasteiger partial charge is 0.322 e. The molecule has 1 aromatic rings. The van der Waals surface area contributed by atoms with Gasteiger partial charge < -0.3 is 4.74 Å². The number of hydrazine groups is 1. The van der Waals surface area contributed by atoms with Crippen molar-refractivity contribution >= 4 is 29.3 Å². The summed E-state index contributed by atoms with van der Waals surface area (Å²) in [6.07, 6.45) is -1.97. The predicted molar refractivity (Wildman–Crippen MR) is 76.6 cm³/mol. The Balaban J connectivity index is 2.01. The molecule has 1 amide bonds. The number of hydrogen-bond acceptors (Lipinski definition) is 6. The van der Waals surface area contributed by atoms with Crippen LogP contribution in [0.15, 0.2) is 12.1 Å². The van der Waals surface area contributed by atoms with Crippen LogP contribution in [0.5, 0.6) is 0 Å². The van der Waals surface area contributed by atoms with E-state index in [2.05, 4.69) is 21.0 Å². The number of hydrogen-bond donors (Lipinski definition) is 2. The molecule has 0 bridgehead atoms. The van der Waals surface area contributed by atoms with E-state index in [1.54, 1.807) is 13.8 Å². The van der Waals surface area contributed by atoms with Crippen LogP contribution in [0.3, 0.4) is 0 Å². The minimum absolute atomic E-state index is 0.196. The summed E-state index contributed by atoms with van der Waals surface area (Å²) in [5.41, 5.74) is 3.34. The van der Waals surface area contributed by atoms with E-state index in [9.17, 15) is 14.0 Å². The summed E-state index contributed by atoms with van der Waals surface area (Å²) in [5.74, 6) is -1.15. The summed E-state index contributed by atoms with van der Waals surface area (Å²) >= 11 is 5.59. The van der Waals surface area contributed by atoms with Gasteiger partial charge in [-0.1, -0.05) is 11.6 Å². The number of ether oxygens (including phenoxy) is 1. The van der Waals surface area contributed by atoms with Crippen molar-refractivity contribution in [3.05, 3.63) is 17.3 Å². The number of anilines is 1. The van der Waals surface area contributed by atoms with E-state index >= 15 is 0 Å². The lowest BCUT2D eigenvalue weighted by atomic mass is 9.67. The first-order valence-corrected chi connectivity index (χ1v) is 7.12. The van der Waals surface area contributed by atoms with Crippen LogP contribution in [0.2, 0.25) is 5.15 Å². The minimum Gasteiger partial charge on any atom is -0.462 e. The van der Waals surface area contributed by atoms with Gasteiger partial charge in [0.1, 0.15) is 6.17 Å². The van der Waals surface area contributed by atoms with Crippen molar-refractivity contribution in [1.29, 1.82) is 0 Å². The molecule has 0 radical (unpaired) electrons. The molecule has 0 atom stereocenters. The lowest BCUT2D eigenvalue weighted by molar-refractivity contribution is -0.175. The molecule has 120 valence electrons. The van der Waals surface area contributed by atoms with Crippen LogP contribution < -0.4 is 10.9 Å². The zero-order valence-corrected chi connectivity index (χ0v) is 12.9. The number of esters is 1. The van der Waals surface area contributed by atoms with Gasteiger partial charge in [-0.05, 0) is 26.0 Å². The van der Waals surface area contributed by atoms with Crippen molar-refractivity contribution in [3.63, 3.8) is 0 Å². The van der Waals surface area contributed by atoms with Crippen molar-refractivity contribution in [2.24, 2.45) is 5.41 Å². The van der Waals surface area contributed by atoms with Crippen LogP contribution in [0.1, 0.15) is 26.7 Å². The fraction of sp³-hybridized carbons (Fsp3) is 0.538. The van der Waals surface area contributed by atoms with Gasteiger partial charge in [0.15, 0.2) is 16.4 Å². The van der Waals surface area contributed by atoms with Crippen molar-refractivity contribution in [3.8, 4) is 0 Å². The van der Waals surface area contributed by atoms with Crippen molar-refractivity contribution in [2.75, 3.05) is 5.43 Å². The highest BCUT2D eigenvalue weighted by Gasteiger charge is 2.58. The SMILES string of the molecule is CC(C)OC(=O)C1(C(=O)NNc2ccc(Cl)nn2)CC(F)C1. The van der Waals surface area contributed by atoms with Gasteiger partial charge in [0.25, 0.3) is 5.91 Å². The number of nitrogens with zero attached hydrogens (tertiary/aromatic N) is 2. The van der Waals surface area contributed by atoms with E-state index in [-0.39, 0.29) is 29.9 Å². The standard InChI is InChI=1S/C13H16ClFN4O3/c1-7(2)22-12(21)13(5-8(15)6-13)11(20)19-18-10-4-3-9(14)16-17-10/h3-4,7-8H,5-6H2,1-2H3,(H,17,18)(H,19,20). The predicted octanol–water partition coefficient (Wildman–Crippen LogP) is 1.64. The molecule has 1 aliphatic carbocycles. The number of halogens is 2. The highest BCUT2D eigenvalue weighted by molar-refractivity contribution is 6.29. The topological polar surface area (TPSA) is 93.2 Å². The Bertz CT molecular complexity index is 561. The molecule has 0 spiro atoms. The molecule has 7 nitrogen and oxygen atoms in total. The zero-order valence-electron chi connectivity index (χ0n) is 12.1. The number of aromatic nitrogens is 2.